The number of hydrogen-bond donors (Lipinski definition) is 2. The molecule has 0 spiro atoms. The Morgan fingerprint density at radius 1 is 1.19 bits per heavy atom. The molecule has 2 N–H and O–H groups in total. The van der Waals surface area contributed by atoms with Crippen LogP contribution in [0.4, 0.5) is 0 Å². The van der Waals surface area contributed by atoms with Gasteiger partial charge in [0.1, 0.15) is 0 Å². The maximum Gasteiger partial charge on any atom is 0.311 e. The van der Waals surface area contributed by atoms with Crippen LogP contribution in [0, 0.1) is 12.3 Å². The third kappa shape index (κ3) is 4.59. The predicted molar refractivity (Wildman–Crippen MR) is 81.0 cm³/mol. The standard InChI is InChI=1S/C17H23NO3/c1-13-6-8-14(9-7-13)4-2-3-5-15(19)18-12-17(10-11-17)16(20)21/h6-9H,2-5,10-12H2,1H3,(H,18,19)(H,20,21). The SMILES string of the molecule is Cc1ccc(CCCCC(=O)NCC2(C(=O)O)CC2)cc1. The molecule has 1 fully saturated rings. The Balaban J connectivity index is 1.59. The second kappa shape index (κ2) is 6.74. The van der Waals surface area contributed by atoms with Crippen LogP contribution in [-0.2, 0) is 16.0 Å². The van der Waals surface area contributed by atoms with Crippen molar-refractivity contribution in [1.29, 1.82) is 0 Å². The van der Waals surface area contributed by atoms with Gasteiger partial charge in [-0.25, -0.2) is 0 Å². The molecule has 1 saturated carbocycles. The van der Waals surface area contributed by atoms with Crippen LogP contribution in [0.15, 0.2) is 24.3 Å². The zero-order valence-corrected chi connectivity index (χ0v) is 12.5. The van der Waals surface area contributed by atoms with E-state index in [9.17, 15) is 9.59 Å². The monoisotopic (exact) mass is 289 g/mol. The van der Waals surface area contributed by atoms with Crippen LogP contribution in [0.25, 0.3) is 0 Å². The summed E-state index contributed by atoms with van der Waals surface area (Å²) in [6.45, 7) is 2.34. The van der Waals surface area contributed by atoms with E-state index in [0.717, 1.165) is 19.3 Å². The number of rotatable bonds is 8. The summed E-state index contributed by atoms with van der Waals surface area (Å²) in [5.41, 5.74) is 1.88. The molecule has 4 heteroatoms. The number of aryl methyl sites for hydroxylation is 2. The molecular weight excluding hydrogens is 266 g/mol. The minimum Gasteiger partial charge on any atom is -0.481 e. The molecule has 4 nitrogen and oxygen atoms in total. The van der Waals surface area contributed by atoms with Gasteiger partial charge in [0.15, 0.2) is 0 Å². The molecule has 2 rings (SSSR count). The zero-order chi connectivity index (χ0) is 15.3. The number of benzene rings is 1. The van der Waals surface area contributed by atoms with Crippen LogP contribution in [-0.4, -0.2) is 23.5 Å². The molecule has 1 amide bonds. The van der Waals surface area contributed by atoms with E-state index in [2.05, 4.69) is 36.5 Å². The first kappa shape index (κ1) is 15.5. The summed E-state index contributed by atoms with van der Waals surface area (Å²) in [7, 11) is 0. The molecule has 1 aliphatic rings. The fourth-order valence-electron chi connectivity index (χ4n) is 2.34. The van der Waals surface area contributed by atoms with Gasteiger partial charge in [-0.1, -0.05) is 29.8 Å². The van der Waals surface area contributed by atoms with E-state index >= 15 is 0 Å². The lowest BCUT2D eigenvalue weighted by atomic mass is 10.1. The highest BCUT2D eigenvalue weighted by Gasteiger charge is 2.50. The number of carboxylic acids is 1. The number of aliphatic carboxylic acids is 1. The highest BCUT2D eigenvalue weighted by molar-refractivity contribution is 5.80. The van der Waals surface area contributed by atoms with Crippen LogP contribution in [0.3, 0.4) is 0 Å². The number of unbranched alkanes of at least 4 members (excludes halogenated alkanes) is 1. The largest absolute Gasteiger partial charge is 0.481 e. The summed E-state index contributed by atoms with van der Waals surface area (Å²) < 4.78 is 0. The van der Waals surface area contributed by atoms with Crippen LogP contribution < -0.4 is 5.32 Å². The van der Waals surface area contributed by atoms with Crippen molar-refractivity contribution in [2.75, 3.05) is 6.54 Å². The minimum atomic E-state index is -0.790. The number of carbonyl (C=O) groups excluding carboxylic acids is 1. The molecule has 0 aromatic heterocycles. The summed E-state index contributed by atoms with van der Waals surface area (Å²) >= 11 is 0. The average Bonchev–Trinajstić information content (AvgIpc) is 3.24. The molecule has 1 aromatic rings. The summed E-state index contributed by atoms with van der Waals surface area (Å²) in [5.74, 6) is -0.825. The number of carbonyl (C=O) groups is 2. The van der Waals surface area contributed by atoms with Gasteiger partial charge in [-0.2, -0.15) is 0 Å². The van der Waals surface area contributed by atoms with Crippen LogP contribution in [0.1, 0.15) is 43.2 Å². The molecule has 0 atom stereocenters. The van der Waals surface area contributed by atoms with Crippen molar-refractivity contribution in [3.8, 4) is 0 Å². The number of nitrogens with one attached hydrogen (secondary N) is 1. The normalized spacial score (nSPS) is 15.5. The number of carboxylic acid groups (broad SMARTS) is 1. The summed E-state index contributed by atoms with van der Waals surface area (Å²) in [4.78, 5) is 22.7. The first-order valence-electron chi connectivity index (χ1n) is 7.57. The van der Waals surface area contributed by atoms with Gasteiger partial charge in [0.25, 0.3) is 0 Å². The first-order valence-corrected chi connectivity index (χ1v) is 7.57. The van der Waals surface area contributed by atoms with Crippen LogP contribution >= 0.6 is 0 Å². The van der Waals surface area contributed by atoms with E-state index in [1.54, 1.807) is 0 Å². The van der Waals surface area contributed by atoms with Gasteiger partial charge >= 0.3 is 5.97 Å². The Labute approximate surface area is 125 Å². The van der Waals surface area contributed by atoms with Crippen molar-refractivity contribution >= 4 is 11.9 Å². The van der Waals surface area contributed by atoms with Crippen molar-refractivity contribution in [3.05, 3.63) is 35.4 Å². The third-order valence-corrected chi connectivity index (χ3v) is 4.17. The van der Waals surface area contributed by atoms with Gasteiger partial charge in [-0.15, -0.1) is 0 Å². The first-order chi connectivity index (χ1) is 10.0. The lowest BCUT2D eigenvalue weighted by Gasteiger charge is -2.11. The van der Waals surface area contributed by atoms with E-state index in [1.807, 2.05) is 0 Å². The topological polar surface area (TPSA) is 66.4 Å². The summed E-state index contributed by atoms with van der Waals surface area (Å²) in [6, 6.07) is 8.45. The molecule has 0 aliphatic heterocycles. The van der Waals surface area contributed by atoms with Crippen molar-refractivity contribution in [3.63, 3.8) is 0 Å². The second-order valence-electron chi connectivity index (χ2n) is 6.05. The highest BCUT2D eigenvalue weighted by atomic mass is 16.4. The van der Waals surface area contributed by atoms with E-state index in [4.69, 9.17) is 5.11 Å². The van der Waals surface area contributed by atoms with E-state index in [1.165, 1.54) is 11.1 Å². The van der Waals surface area contributed by atoms with Crippen LogP contribution in [0.2, 0.25) is 0 Å². The Morgan fingerprint density at radius 3 is 2.43 bits per heavy atom. The molecule has 114 valence electrons. The fourth-order valence-corrected chi connectivity index (χ4v) is 2.34. The summed E-state index contributed by atoms with van der Waals surface area (Å²) in [6.07, 6.45) is 4.61. The van der Waals surface area contributed by atoms with Gasteiger partial charge in [-0.3, -0.25) is 9.59 Å². The smallest absolute Gasteiger partial charge is 0.311 e. The molecule has 1 aromatic carbocycles. The molecule has 21 heavy (non-hydrogen) atoms. The van der Waals surface area contributed by atoms with Gasteiger partial charge in [0, 0.05) is 13.0 Å². The Kier molecular flexibility index (Phi) is 4.99. The van der Waals surface area contributed by atoms with Crippen molar-refractivity contribution in [1.82, 2.24) is 5.32 Å². The van der Waals surface area contributed by atoms with E-state index in [-0.39, 0.29) is 12.5 Å². The Morgan fingerprint density at radius 2 is 1.86 bits per heavy atom. The molecule has 0 saturated heterocycles. The number of amides is 1. The Hall–Kier alpha value is -1.84. The fraction of sp³-hybridized carbons (Fsp3) is 0.529. The maximum absolute atomic E-state index is 11.7. The average molecular weight is 289 g/mol. The zero-order valence-electron chi connectivity index (χ0n) is 12.5. The van der Waals surface area contributed by atoms with Gasteiger partial charge < -0.3 is 10.4 Å². The van der Waals surface area contributed by atoms with Crippen molar-refractivity contribution in [2.24, 2.45) is 5.41 Å². The molecule has 0 bridgehead atoms. The molecular formula is C17H23NO3. The lowest BCUT2D eigenvalue weighted by molar-refractivity contribution is -0.143. The third-order valence-electron chi connectivity index (χ3n) is 4.17. The molecule has 0 radical (unpaired) electrons. The molecule has 0 unspecified atom stereocenters. The Bertz CT molecular complexity index is 503. The van der Waals surface area contributed by atoms with Gasteiger partial charge in [0.2, 0.25) is 5.91 Å². The highest BCUT2D eigenvalue weighted by Crippen LogP contribution is 2.45. The quantitative estimate of drug-likeness (QED) is 0.723. The number of hydrogen-bond acceptors (Lipinski definition) is 2. The van der Waals surface area contributed by atoms with Gasteiger partial charge in [0.05, 0.1) is 5.41 Å². The predicted octanol–water partition coefficient (Wildman–Crippen LogP) is 2.69. The lowest BCUT2D eigenvalue weighted by Crippen LogP contribution is -2.34. The van der Waals surface area contributed by atoms with Crippen molar-refractivity contribution in [2.45, 2.75) is 45.4 Å². The van der Waals surface area contributed by atoms with Crippen LogP contribution in [0.5, 0.6) is 0 Å². The van der Waals surface area contributed by atoms with E-state index in [0.29, 0.717) is 19.3 Å². The molecule has 0 heterocycles. The van der Waals surface area contributed by atoms with Gasteiger partial charge in [-0.05, 0) is 44.6 Å². The molecule has 1 aliphatic carbocycles. The summed E-state index contributed by atoms with van der Waals surface area (Å²) in [5, 5.41) is 11.8. The van der Waals surface area contributed by atoms with E-state index < -0.39 is 11.4 Å². The minimum absolute atomic E-state index is 0.0357. The second-order valence-corrected chi connectivity index (χ2v) is 6.05. The maximum atomic E-state index is 11.7. The van der Waals surface area contributed by atoms with Crippen molar-refractivity contribution < 1.29 is 14.7 Å².